The zero-order valence-electron chi connectivity index (χ0n) is 11.7. The van der Waals surface area contributed by atoms with E-state index in [1.54, 1.807) is 0 Å². The van der Waals surface area contributed by atoms with Crippen molar-refractivity contribution in [3.05, 3.63) is 35.9 Å². The van der Waals surface area contributed by atoms with Crippen molar-refractivity contribution in [3.8, 4) is 0 Å². The molecule has 0 amide bonds. The number of benzene rings is 1. The minimum absolute atomic E-state index is 0.00607. The normalized spacial score (nSPS) is 26.4. The Labute approximate surface area is 110 Å². The summed E-state index contributed by atoms with van der Waals surface area (Å²) in [5.74, 6) is 0. The van der Waals surface area contributed by atoms with E-state index in [4.69, 9.17) is 9.47 Å². The van der Waals surface area contributed by atoms with E-state index < -0.39 is 0 Å². The van der Waals surface area contributed by atoms with Crippen LogP contribution in [-0.4, -0.2) is 17.8 Å². The van der Waals surface area contributed by atoms with Gasteiger partial charge in [0.05, 0.1) is 24.4 Å². The molecule has 18 heavy (non-hydrogen) atoms. The van der Waals surface area contributed by atoms with Crippen LogP contribution in [0.15, 0.2) is 30.3 Å². The first-order valence-corrected chi connectivity index (χ1v) is 6.87. The van der Waals surface area contributed by atoms with E-state index in [2.05, 4.69) is 32.9 Å². The molecule has 0 aromatic heterocycles. The average Bonchev–Trinajstić information content (AvgIpc) is 2.67. The second-order valence-corrected chi connectivity index (χ2v) is 5.88. The van der Waals surface area contributed by atoms with Crippen LogP contribution in [0, 0.1) is 0 Å². The van der Waals surface area contributed by atoms with Crippen molar-refractivity contribution in [1.29, 1.82) is 0 Å². The van der Waals surface area contributed by atoms with Crippen LogP contribution in [0.4, 0.5) is 0 Å². The Morgan fingerprint density at radius 2 is 1.89 bits per heavy atom. The number of ether oxygens (including phenoxy) is 2. The quantitative estimate of drug-likeness (QED) is 0.785. The van der Waals surface area contributed by atoms with Gasteiger partial charge in [0.2, 0.25) is 0 Å². The first-order chi connectivity index (χ1) is 8.55. The summed E-state index contributed by atoms with van der Waals surface area (Å²) in [6, 6.07) is 10.3. The molecule has 0 radical (unpaired) electrons. The highest BCUT2D eigenvalue weighted by Crippen LogP contribution is 2.39. The van der Waals surface area contributed by atoms with Gasteiger partial charge in [0.1, 0.15) is 0 Å². The van der Waals surface area contributed by atoms with Crippen LogP contribution in [0.3, 0.4) is 0 Å². The molecule has 1 aromatic carbocycles. The van der Waals surface area contributed by atoms with E-state index in [0.29, 0.717) is 13.2 Å². The van der Waals surface area contributed by atoms with Crippen molar-refractivity contribution in [2.24, 2.45) is 0 Å². The summed E-state index contributed by atoms with van der Waals surface area (Å²) in [5, 5.41) is 0. The van der Waals surface area contributed by atoms with Crippen LogP contribution >= 0.6 is 0 Å². The van der Waals surface area contributed by atoms with Gasteiger partial charge in [0.15, 0.2) is 0 Å². The number of rotatable bonds is 5. The van der Waals surface area contributed by atoms with Gasteiger partial charge in [0, 0.05) is 0 Å². The smallest absolute Gasteiger partial charge is 0.0920 e. The van der Waals surface area contributed by atoms with Gasteiger partial charge in [-0.25, -0.2) is 0 Å². The molecule has 1 unspecified atom stereocenters. The largest absolute Gasteiger partial charge is 0.374 e. The van der Waals surface area contributed by atoms with Crippen molar-refractivity contribution < 1.29 is 9.47 Å². The van der Waals surface area contributed by atoms with Crippen LogP contribution in [0.1, 0.15) is 45.6 Å². The first kappa shape index (κ1) is 13.6. The molecule has 0 N–H and O–H groups in total. The van der Waals surface area contributed by atoms with Crippen molar-refractivity contribution in [3.63, 3.8) is 0 Å². The summed E-state index contributed by atoms with van der Waals surface area (Å²) in [6.45, 7) is 7.89. The van der Waals surface area contributed by atoms with Crippen LogP contribution < -0.4 is 0 Å². The Balaban J connectivity index is 1.85. The van der Waals surface area contributed by atoms with Gasteiger partial charge in [-0.2, -0.15) is 0 Å². The van der Waals surface area contributed by atoms with E-state index in [1.807, 2.05) is 18.2 Å². The van der Waals surface area contributed by atoms with Crippen molar-refractivity contribution >= 4 is 0 Å². The predicted octanol–water partition coefficient (Wildman–Crippen LogP) is 3.94. The molecular formula is C16H24O2. The third kappa shape index (κ3) is 3.33. The maximum atomic E-state index is 6.20. The lowest BCUT2D eigenvalue weighted by Crippen LogP contribution is -2.36. The minimum Gasteiger partial charge on any atom is -0.374 e. The van der Waals surface area contributed by atoms with Gasteiger partial charge in [-0.1, -0.05) is 37.3 Å². The molecular weight excluding hydrogens is 224 g/mol. The summed E-state index contributed by atoms with van der Waals surface area (Å²) in [7, 11) is 0. The lowest BCUT2D eigenvalue weighted by molar-refractivity contribution is -0.126. The van der Waals surface area contributed by atoms with Crippen molar-refractivity contribution in [2.75, 3.05) is 6.61 Å². The van der Waals surface area contributed by atoms with Gasteiger partial charge in [-0.05, 0) is 38.7 Å². The highest BCUT2D eigenvalue weighted by Gasteiger charge is 2.43. The lowest BCUT2D eigenvalue weighted by Gasteiger charge is -2.30. The average molecular weight is 248 g/mol. The van der Waals surface area contributed by atoms with Crippen LogP contribution in [-0.2, 0) is 16.1 Å². The fourth-order valence-electron chi connectivity index (χ4n) is 2.60. The number of hydrogen-bond acceptors (Lipinski definition) is 2. The van der Waals surface area contributed by atoms with Gasteiger partial charge in [-0.15, -0.1) is 0 Å². The molecule has 1 heterocycles. The van der Waals surface area contributed by atoms with Gasteiger partial charge in [-0.3, -0.25) is 0 Å². The Kier molecular flexibility index (Phi) is 4.08. The third-order valence-corrected chi connectivity index (χ3v) is 3.80. The van der Waals surface area contributed by atoms with E-state index in [0.717, 1.165) is 19.3 Å². The lowest BCUT2D eigenvalue weighted by atomic mass is 9.96. The highest BCUT2D eigenvalue weighted by molar-refractivity contribution is 5.13. The fourth-order valence-corrected chi connectivity index (χ4v) is 2.60. The second-order valence-electron chi connectivity index (χ2n) is 5.88. The van der Waals surface area contributed by atoms with E-state index in [9.17, 15) is 0 Å². The van der Waals surface area contributed by atoms with Gasteiger partial charge >= 0.3 is 0 Å². The topological polar surface area (TPSA) is 18.5 Å². The van der Waals surface area contributed by atoms with Gasteiger partial charge < -0.3 is 9.47 Å². The van der Waals surface area contributed by atoms with Crippen LogP contribution in [0.2, 0.25) is 0 Å². The molecule has 100 valence electrons. The molecule has 0 bridgehead atoms. The molecule has 2 nitrogen and oxygen atoms in total. The zero-order chi connectivity index (χ0) is 13.1. The van der Waals surface area contributed by atoms with E-state index in [1.165, 1.54) is 5.56 Å². The maximum Gasteiger partial charge on any atom is 0.0920 e. The molecule has 2 rings (SSSR count). The highest BCUT2D eigenvalue weighted by atomic mass is 16.6. The third-order valence-electron chi connectivity index (χ3n) is 3.80. The molecule has 0 aliphatic carbocycles. The SMILES string of the molecule is CCC1(COCc2ccccc2)CCC(C)(C)O1. The maximum absolute atomic E-state index is 6.20. The zero-order valence-corrected chi connectivity index (χ0v) is 11.7. The molecule has 0 saturated carbocycles. The number of hydrogen-bond donors (Lipinski definition) is 0. The molecule has 1 aliphatic heterocycles. The van der Waals surface area contributed by atoms with Gasteiger partial charge in [0.25, 0.3) is 0 Å². The Morgan fingerprint density at radius 3 is 2.44 bits per heavy atom. The molecule has 1 aliphatic rings. The molecule has 2 heteroatoms. The second kappa shape index (κ2) is 5.41. The fraction of sp³-hybridized carbons (Fsp3) is 0.625. The summed E-state index contributed by atoms with van der Waals surface area (Å²) in [6.07, 6.45) is 3.24. The monoisotopic (exact) mass is 248 g/mol. The summed E-state index contributed by atoms with van der Waals surface area (Å²) in [5.41, 5.74) is 1.16. The molecule has 1 atom stereocenters. The Morgan fingerprint density at radius 1 is 1.17 bits per heavy atom. The molecule has 0 spiro atoms. The van der Waals surface area contributed by atoms with Crippen molar-refractivity contribution in [1.82, 2.24) is 0 Å². The summed E-state index contributed by atoms with van der Waals surface area (Å²) < 4.78 is 12.1. The van der Waals surface area contributed by atoms with Crippen molar-refractivity contribution in [2.45, 2.75) is 57.8 Å². The predicted molar refractivity (Wildman–Crippen MR) is 73.5 cm³/mol. The molecule has 1 saturated heterocycles. The molecule has 1 aromatic rings. The van der Waals surface area contributed by atoms with E-state index >= 15 is 0 Å². The standard InChI is InChI=1S/C16H24O2/c1-4-16(11-10-15(2,3)18-16)13-17-12-14-8-6-5-7-9-14/h5-9H,4,10-13H2,1-3H3. The Hall–Kier alpha value is -0.860. The Bertz CT molecular complexity index is 372. The first-order valence-electron chi connectivity index (χ1n) is 6.87. The van der Waals surface area contributed by atoms with Crippen LogP contribution in [0.25, 0.3) is 0 Å². The molecule has 1 fully saturated rings. The summed E-state index contributed by atoms with van der Waals surface area (Å²) in [4.78, 5) is 0. The van der Waals surface area contributed by atoms with Crippen LogP contribution in [0.5, 0.6) is 0 Å². The minimum atomic E-state index is -0.0712. The van der Waals surface area contributed by atoms with E-state index in [-0.39, 0.29) is 11.2 Å². The summed E-state index contributed by atoms with van der Waals surface area (Å²) >= 11 is 0.